The highest BCUT2D eigenvalue weighted by Crippen LogP contribution is 2.30. The van der Waals surface area contributed by atoms with Crippen LogP contribution in [0.2, 0.25) is 0 Å². The molecule has 0 bridgehead atoms. The predicted molar refractivity (Wildman–Crippen MR) is 95.1 cm³/mol. The van der Waals surface area contributed by atoms with Crippen LogP contribution in [0.25, 0.3) is 0 Å². The monoisotopic (exact) mass is 355 g/mol. The Morgan fingerprint density at radius 1 is 1.10 bits per heavy atom. The summed E-state index contributed by atoms with van der Waals surface area (Å²) in [5.41, 5.74) is 1.33. The van der Waals surface area contributed by atoms with Crippen LogP contribution in [-0.2, 0) is 0 Å². The second-order valence-electron chi connectivity index (χ2n) is 5.51. The Balaban J connectivity index is 2.47. The van der Waals surface area contributed by atoms with Gasteiger partial charge in [-0.1, -0.05) is 67.4 Å². The lowest BCUT2D eigenvalue weighted by Gasteiger charge is -2.19. The molecule has 0 saturated heterocycles. The lowest BCUT2D eigenvalue weighted by atomic mass is 9.99. The van der Waals surface area contributed by atoms with Crippen molar-refractivity contribution in [3.05, 3.63) is 28.2 Å². The van der Waals surface area contributed by atoms with Gasteiger partial charge in [0.1, 0.15) is 5.75 Å². The van der Waals surface area contributed by atoms with Gasteiger partial charge < -0.3 is 10.1 Å². The van der Waals surface area contributed by atoms with Crippen LogP contribution in [0.1, 0.15) is 70.4 Å². The maximum atomic E-state index is 5.54. The third-order valence-electron chi connectivity index (χ3n) is 3.85. The summed E-state index contributed by atoms with van der Waals surface area (Å²) >= 11 is 3.68. The molecule has 1 aromatic rings. The summed E-state index contributed by atoms with van der Waals surface area (Å²) in [6.07, 6.45) is 9.26. The Morgan fingerprint density at radius 2 is 1.81 bits per heavy atom. The number of unbranched alkanes of at least 4 members (excludes halogenated alkanes) is 5. The number of rotatable bonds is 11. The van der Waals surface area contributed by atoms with Gasteiger partial charge in [0.15, 0.2) is 0 Å². The molecule has 0 radical (unpaired) electrons. The van der Waals surface area contributed by atoms with Crippen LogP contribution in [0.15, 0.2) is 22.7 Å². The minimum atomic E-state index is 0.418. The average Bonchev–Trinajstić information content (AvgIpc) is 2.48. The van der Waals surface area contributed by atoms with Gasteiger partial charge >= 0.3 is 0 Å². The molecule has 2 nitrogen and oxygen atoms in total. The number of benzene rings is 1. The lowest BCUT2D eigenvalue weighted by molar-refractivity contribution is 0.339. The van der Waals surface area contributed by atoms with Gasteiger partial charge in [-0.05, 0) is 38.1 Å². The van der Waals surface area contributed by atoms with Crippen molar-refractivity contribution in [2.24, 2.45) is 0 Å². The fourth-order valence-electron chi connectivity index (χ4n) is 2.63. The molecule has 0 fully saturated rings. The van der Waals surface area contributed by atoms with Gasteiger partial charge in [0.05, 0.1) is 6.61 Å². The Hall–Kier alpha value is -0.540. The fraction of sp³-hybridized carbons (Fsp3) is 0.667. The first-order valence-electron chi connectivity index (χ1n) is 8.32. The van der Waals surface area contributed by atoms with Crippen LogP contribution in [0.4, 0.5) is 0 Å². The molecule has 0 aromatic heterocycles. The topological polar surface area (TPSA) is 21.3 Å². The van der Waals surface area contributed by atoms with E-state index in [1.165, 1.54) is 50.5 Å². The van der Waals surface area contributed by atoms with Gasteiger partial charge in [-0.15, -0.1) is 0 Å². The summed E-state index contributed by atoms with van der Waals surface area (Å²) in [5.74, 6) is 0.933. The van der Waals surface area contributed by atoms with E-state index >= 15 is 0 Å². The van der Waals surface area contributed by atoms with E-state index in [1.807, 2.05) is 14.0 Å². The van der Waals surface area contributed by atoms with E-state index in [9.17, 15) is 0 Å². The molecule has 1 N–H and O–H groups in total. The standard InChI is InChI=1S/C18H30BrNO/c1-4-6-7-8-9-10-11-18(20-3)16-13-12-15(21-5-2)14-17(16)19/h12-14,18,20H,4-11H2,1-3H3. The Morgan fingerprint density at radius 3 is 2.43 bits per heavy atom. The van der Waals surface area contributed by atoms with Crippen LogP contribution in [0, 0.1) is 0 Å². The summed E-state index contributed by atoms with van der Waals surface area (Å²) in [6.45, 7) is 4.98. The van der Waals surface area contributed by atoms with E-state index < -0.39 is 0 Å². The van der Waals surface area contributed by atoms with Crippen LogP contribution in [0.3, 0.4) is 0 Å². The highest BCUT2D eigenvalue weighted by Gasteiger charge is 2.13. The van der Waals surface area contributed by atoms with Crippen molar-refractivity contribution >= 4 is 15.9 Å². The summed E-state index contributed by atoms with van der Waals surface area (Å²) < 4.78 is 6.68. The molecule has 3 heteroatoms. The quantitative estimate of drug-likeness (QED) is 0.502. The normalized spacial score (nSPS) is 12.4. The third-order valence-corrected chi connectivity index (χ3v) is 4.54. The van der Waals surface area contributed by atoms with Gasteiger partial charge in [-0.2, -0.15) is 0 Å². The lowest BCUT2D eigenvalue weighted by Crippen LogP contribution is -2.16. The molecule has 1 atom stereocenters. The molecule has 120 valence electrons. The maximum Gasteiger partial charge on any atom is 0.120 e. The first-order valence-corrected chi connectivity index (χ1v) is 9.11. The molecule has 0 aliphatic rings. The smallest absolute Gasteiger partial charge is 0.120 e. The van der Waals surface area contributed by atoms with Crippen LogP contribution < -0.4 is 10.1 Å². The molecule has 1 rings (SSSR count). The molecule has 1 aromatic carbocycles. The maximum absolute atomic E-state index is 5.54. The molecule has 0 saturated carbocycles. The number of hydrogen-bond donors (Lipinski definition) is 1. The van der Waals surface area contributed by atoms with Gasteiger partial charge in [-0.3, -0.25) is 0 Å². The summed E-state index contributed by atoms with van der Waals surface area (Å²) in [6, 6.07) is 6.73. The van der Waals surface area contributed by atoms with Gasteiger partial charge in [0.25, 0.3) is 0 Å². The van der Waals surface area contributed by atoms with Crippen molar-refractivity contribution in [1.29, 1.82) is 0 Å². The van der Waals surface area contributed by atoms with Gasteiger partial charge in [0, 0.05) is 10.5 Å². The highest BCUT2D eigenvalue weighted by atomic mass is 79.9. The summed E-state index contributed by atoms with van der Waals surface area (Å²) in [4.78, 5) is 0. The second-order valence-corrected chi connectivity index (χ2v) is 6.37. The minimum absolute atomic E-state index is 0.418. The zero-order valence-electron chi connectivity index (χ0n) is 13.8. The SMILES string of the molecule is CCCCCCCCC(NC)c1ccc(OCC)cc1Br. The Bertz CT molecular complexity index is 395. The molecular formula is C18H30BrNO. The summed E-state index contributed by atoms with van der Waals surface area (Å²) in [7, 11) is 2.05. The molecular weight excluding hydrogens is 326 g/mol. The highest BCUT2D eigenvalue weighted by molar-refractivity contribution is 9.10. The molecule has 0 aliphatic heterocycles. The molecule has 0 spiro atoms. The molecule has 0 heterocycles. The van der Waals surface area contributed by atoms with Crippen molar-refractivity contribution in [2.75, 3.05) is 13.7 Å². The molecule has 1 unspecified atom stereocenters. The average molecular weight is 356 g/mol. The number of hydrogen-bond acceptors (Lipinski definition) is 2. The minimum Gasteiger partial charge on any atom is -0.494 e. The number of halogens is 1. The van der Waals surface area contributed by atoms with Crippen molar-refractivity contribution in [2.45, 2.75) is 64.8 Å². The van der Waals surface area contributed by atoms with Crippen molar-refractivity contribution in [3.8, 4) is 5.75 Å². The summed E-state index contributed by atoms with van der Waals surface area (Å²) in [5, 5.41) is 3.44. The first kappa shape index (κ1) is 18.5. The third kappa shape index (κ3) is 6.84. The second kappa shape index (κ2) is 11.1. The van der Waals surface area contributed by atoms with E-state index in [2.05, 4.69) is 46.4 Å². The number of ether oxygens (including phenoxy) is 1. The molecule has 0 amide bonds. The van der Waals surface area contributed by atoms with E-state index in [0.29, 0.717) is 12.6 Å². The van der Waals surface area contributed by atoms with Crippen molar-refractivity contribution < 1.29 is 4.74 Å². The molecule has 0 aliphatic carbocycles. The molecule has 21 heavy (non-hydrogen) atoms. The van der Waals surface area contributed by atoms with Crippen LogP contribution in [-0.4, -0.2) is 13.7 Å². The Kier molecular flexibility index (Phi) is 9.77. The zero-order valence-corrected chi connectivity index (χ0v) is 15.3. The van der Waals surface area contributed by atoms with Crippen molar-refractivity contribution in [3.63, 3.8) is 0 Å². The fourth-order valence-corrected chi connectivity index (χ4v) is 3.27. The Labute approximate surface area is 138 Å². The van der Waals surface area contributed by atoms with E-state index in [0.717, 1.165) is 10.2 Å². The van der Waals surface area contributed by atoms with Gasteiger partial charge in [0.2, 0.25) is 0 Å². The van der Waals surface area contributed by atoms with Crippen LogP contribution in [0.5, 0.6) is 5.75 Å². The van der Waals surface area contributed by atoms with E-state index in [1.54, 1.807) is 0 Å². The first-order chi connectivity index (χ1) is 10.2. The van der Waals surface area contributed by atoms with E-state index in [-0.39, 0.29) is 0 Å². The zero-order chi connectivity index (χ0) is 15.5. The van der Waals surface area contributed by atoms with Crippen molar-refractivity contribution in [1.82, 2.24) is 5.32 Å². The van der Waals surface area contributed by atoms with Gasteiger partial charge in [-0.25, -0.2) is 0 Å². The van der Waals surface area contributed by atoms with Crippen LogP contribution >= 0.6 is 15.9 Å². The predicted octanol–water partition coefficient (Wildman–Crippen LogP) is 5.86. The number of nitrogens with one attached hydrogen (secondary N) is 1. The van der Waals surface area contributed by atoms with E-state index in [4.69, 9.17) is 4.74 Å². The largest absolute Gasteiger partial charge is 0.494 e.